The topological polar surface area (TPSA) is 105 Å². The van der Waals surface area contributed by atoms with Crippen molar-refractivity contribution in [2.75, 3.05) is 63.9 Å². The van der Waals surface area contributed by atoms with Crippen LogP contribution in [-0.4, -0.2) is 96.7 Å². The number of piperazine rings is 1. The van der Waals surface area contributed by atoms with Crippen LogP contribution >= 0.6 is 11.6 Å². The van der Waals surface area contributed by atoms with Gasteiger partial charge in [0.05, 0.1) is 53.6 Å². The summed E-state index contributed by atoms with van der Waals surface area (Å²) in [6, 6.07) is 0.330. The number of carboxylic acid groups (broad SMARTS) is 1. The maximum absolute atomic E-state index is 15.3. The number of alkyl halides is 1. The number of aromatic nitrogens is 1. The Morgan fingerprint density at radius 1 is 1.17 bits per heavy atom. The number of carbonyl (C=O) groups is 2. The Labute approximate surface area is 209 Å². The Bertz CT molecular complexity index is 1260. The molecule has 0 unspecified atom stereocenters. The summed E-state index contributed by atoms with van der Waals surface area (Å²) < 4.78 is 40.5. The summed E-state index contributed by atoms with van der Waals surface area (Å²) in [6.45, 7) is 4.21. The second-order valence-electron chi connectivity index (χ2n) is 9.09. The van der Waals surface area contributed by atoms with Gasteiger partial charge in [0.1, 0.15) is 12.0 Å². The van der Waals surface area contributed by atoms with Crippen LogP contribution in [0.4, 0.5) is 19.3 Å². The molecule has 1 N–H and O–H groups in total. The summed E-state index contributed by atoms with van der Waals surface area (Å²) in [5.41, 5.74) is -0.635. The molecule has 1 aromatic heterocycles. The fourth-order valence-electron chi connectivity index (χ4n) is 4.80. The predicted octanol–water partition coefficient (Wildman–Crippen LogP) is 2.11. The molecule has 3 fully saturated rings. The first-order valence-corrected chi connectivity index (χ1v) is 12.1. The SMILES string of the molecule is O=C(O)Oc1cn([C@H]2C[C@H]2F)c2c(Cl)c(N3CCN(CC(=O)N4CCOCC4)CC3)c(F)cc2c1=O. The van der Waals surface area contributed by atoms with Crippen molar-refractivity contribution in [1.82, 2.24) is 14.4 Å². The Kier molecular flexibility index (Phi) is 6.75. The summed E-state index contributed by atoms with van der Waals surface area (Å²) in [4.78, 5) is 41.9. The maximum Gasteiger partial charge on any atom is 0.511 e. The zero-order chi connectivity index (χ0) is 25.6. The number of carbonyl (C=O) groups excluding carboxylic acids is 1. The normalized spacial score (nSPS) is 22.6. The van der Waals surface area contributed by atoms with Crippen LogP contribution in [0.1, 0.15) is 12.5 Å². The number of amides is 1. The Morgan fingerprint density at radius 3 is 2.44 bits per heavy atom. The summed E-state index contributed by atoms with van der Waals surface area (Å²) in [7, 11) is 0. The minimum absolute atomic E-state index is 0.0234. The second kappa shape index (κ2) is 9.83. The smallest absolute Gasteiger partial charge is 0.449 e. The fraction of sp³-hybridized carbons (Fsp3) is 0.522. The van der Waals surface area contributed by atoms with E-state index in [1.165, 1.54) is 4.57 Å². The molecular formula is C23H25ClF2N4O6. The molecule has 13 heteroatoms. The van der Waals surface area contributed by atoms with Crippen molar-refractivity contribution >= 4 is 40.3 Å². The highest BCUT2D eigenvalue weighted by Crippen LogP contribution is 2.44. The first-order chi connectivity index (χ1) is 17.2. The Balaban J connectivity index is 1.41. The molecule has 3 heterocycles. The summed E-state index contributed by atoms with van der Waals surface area (Å²) >= 11 is 6.65. The van der Waals surface area contributed by atoms with Crippen molar-refractivity contribution in [3.63, 3.8) is 0 Å². The number of anilines is 1. The molecule has 5 rings (SSSR count). The molecule has 2 saturated heterocycles. The predicted molar refractivity (Wildman–Crippen MR) is 126 cm³/mol. The minimum Gasteiger partial charge on any atom is -0.449 e. The van der Waals surface area contributed by atoms with Crippen molar-refractivity contribution < 1.29 is 33.0 Å². The minimum atomic E-state index is -1.71. The number of morpholine rings is 1. The van der Waals surface area contributed by atoms with Crippen LogP contribution in [0.15, 0.2) is 17.1 Å². The average molecular weight is 527 g/mol. The Hall–Kier alpha value is -2.96. The molecule has 194 valence electrons. The molecule has 2 aromatic rings. The number of nitrogens with zero attached hydrogens (tertiary/aromatic N) is 4. The van der Waals surface area contributed by atoms with E-state index in [1.807, 2.05) is 4.90 Å². The number of hydrogen-bond acceptors (Lipinski definition) is 7. The third-order valence-electron chi connectivity index (χ3n) is 6.80. The van der Waals surface area contributed by atoms with E-state index in [0.717, 1.165) is 12.3 Å². The van der Waals surface area contributed by atoms with Crippen molar-refractivity contribution in [3.8, 4) is 5.75 Å². The molecule has 3 aliphatic rings. The Morgan fingerprint density at radius 2 is 1.83 bits per heavy atom. The summed E-state index contributed by atoms with van der Waals surface area (Å²) in [5, 5.41) is 8.71. The lowest BCUT2D eigenvalue weighted by molar-refractivity contribution is -0.136. The van der Waals surface area contributed by atoms with E-state index in [1.54, 1.807) is 9.80 Å². The summed E-state index contributed by atoms with van der Waals surface area (Å²) in [5.74, 6) is -1.28. The average Bonchev–Trinajstić information content (AvgIpc) is 3.58. The van der Waals surface area contributed by atoms with Crippen molar-refractivity contribution in [1.29, 1.82) is 0 Å². The number of pyridine rings is 1. The van der Waals surface area contributed by atoms with Crippen LogP contribution < -0.4 is 15.1 Å². The number of halogens is 3. The van der Waals surface area contributed by atoms with E-state index in [0.29, 0.717) is 52.5 Å². The molecule has 1 aromatic carbocycles. The molecule has 0 bridgehead atoms. The fourth-order valence-corrected chi connectivity index (χ4v) is 5.21. The highest BCUT2D eigenvalue weighted by Gasteiger charge is 2.41. The van der Waals surface area contributed by atoms with Gasteiger partial charge in [0.2, 0.25) is 11.3 Å². The second-order valence-corrected chi connectivity index (χ2v) is 9.47. The van der Waals surface area contributed by atoms with E-state index in [-0.39, 0.29) is 40.5 Å². The zero-order valence-electron chi connectivity index (χ0n) is 19.3. The van der Waals surface area contributed by atoms with Gasteiger partial charge in [-0.15, -0.1) is 0 Å². The van der Waals surface area contributed by atoms with E-state index < -0.39 is 35.4 Å². The molecule has 10 nitrogen and oxygen atoms in total. The molecule has 2 aliphatic heterocycles. The molecule has 1 amide bonds. The van der Waals surface area contributed by atoms with Gasteiger partial charge in [-0.05, 0) is 6.07 Å². The van der Waals surface area contributed by atoms with E-state index in [4.69, 9.17) is 21.4 Å². The highest BCUT2D eigenvalue weighted by atomic mass is 35.5. The highest BCUT2D eigenvalue weighted by molar-refractivity contribution is 6.38. The standard InChI is InChI=1S/C23H25ClF2N4O6/c24-19-20-13(22(32)17(36-23(33)34)11-30(20)16-10-14(16)25)9-15(26)21(19)29-3-1-27(2-4-29)12-18(31)28-5-7-35-8-6-28/h9,11,14,16H,1-8,10,12H2,(H,33,34)/t14-,16+/m1/s1. The lowest BCUT2D eigenvalue weighted by atomic mass is 10.1. The van der Waals surface area contributed by atoms with Gasteiger partial charge in [-0.25, -0.2) is 13.6 Å². The maximum atomic E-state index is 15.3. The number of rotatable bonds is 5. The van der Waals surface area contributed by atoms with Gasteiger partial charge in [0, 0.05) is 45.7 Å². The zero-order valence-corrected chi connectivity index (χ0v) is 20.0. The molecule has 2 atom stereocenters. The largest absolute Gasteiger partial charge is 0.511 e. The van der Waals surface area contributed by atoms with Crippen LogP contribution in [0.3, 0.4) is 0 Å². The first kappa shape index (κ1) is 24.7. The van der Waals surface area contributed by atoms with Gasteiger partial charge in [-0.1, -0.05) is 11.6 Å². The van der Waals surface area contributed by atoms with Crippen LogP contribution in [-0.2, 0) is 9.53 Å². The molecule has 1 aliphatic carbocycles. The number of ether oxygens (including phenoxy) is 2. The van der Waals surface area contributed by atoms with Gasteiger partial charge in [-0.3, -0.25) is 14.5 Å². The van der Waals surface area contributed by atoms with Gasteiger partial charge in [-0.2, -0.15) is 0 Å². The quantitative estimate of drug-likeness (QED) is 0.591. The molecule has 0 spiro atoms. The molecular weight excluding hydrogens is 502 g/mol. The third kappa shape index (κ3) is 4.72. The van der Waals surface area contributed by atoms with E-state index >= 15 is 4.39 Å². The molecule has 36 heavy (non-hydrogen) atoms. The van der Waals surface area contributed by atoms with Crippen LogP contribution in [0.5, 0.6) is 5.75 Å². The van der Waals surface area contributed by atoms with Crippen molar-refractivity contribution in [3.05, 3.63) is 33.3 Å². The van der Waals surface area contributed by atoms with Crippen molar-refractivity contribution in [2.24, 2.45) is 0 Å². The molecule has 1 saturated carbocycles. The van der Waals surface area contributed by atoms with E-state index in [2.05, 4.69) is 4.74 Å². The van der Waals surface area contributed by atoms with Crippen molar-refractivity contribution in [2.45, 2.75) is 18.6 Å². The van der Waals surface area contributed by atoms with Gasteiger partial charge in [0.25, 0.3) is 0 Å². The van der Waals surface area contributed by atoms with Crippen LogP contribution in [0.2, 0.25) is 5.02 Å². The van der Waals surface area contributed by atoms with E-state index in [9.17, 15) is 18.8 Å². The monoisotopic (exact) mass is 526 g/mol. The lowest BCUT2D eigenvalue weighted by Gasteiger charge is -2.37. The van der Waals surface area contributed by atoms with Gasteiger partial charge < -0.3 is 28.9 Å². The van der Waals surface area contributed by atoms with Crippen LogP contribution in [0, 0.1) is 5.82 Å². The number of benzene rings is 1. The van der Waals surface area contributed by atoms with Gasteiger partial charge >= 0.3 is 6.16 Å². The van der Waals surface area contributed by atoms with Crippen LogP contribution in [0.25, 0.3) is 10.9 Å². The molecule has 0 radical (unpaired) electrons. The first-order valence-electron chi connectivity index (χ1n) is 11.7. The third-order valence-corrected chi connectivity index (χ3v) is 7.16. The number of hydrogen-bond donors (Lipinski definition) is 1. The lowest BCUT2D eigenvalue weighted by Crippen LogP contribution is -2.51. The number of fused-ring (bicyclic) bond motifs is 1. The summed E-state index contributed by atoms with van der Waals surface area (Å²) in [6.07, 6.45) is -1.64. The van der Waals surface area contributed by atoms with Gasteiger partial charge in [0.15, 0.2) is 5.75 Å².